The molecule has 0 radical (unpaired) electrons. The topological polar surface area (TPSA) is 61.8 Å². The Bertz CT molecular complexity index is 495. The van der Waals surface area contributed by atoms with Gasteiger partial charge in [0.05, 0.1) is 12.2 Å². The summed E-state index contributed by atoms with van der Waals surface area (Å²) in [5, 5.41) is 0. The van der Waals surface area contributed by atoms with E-state index in [-0.39, 0.29) is 42.1 Å². The van der Waals surface area contributed by atoms with Crippen LogP contribution in [0.4, 0.5) is 0 Å². The Kier molecular flexibility index (Phi) is 3.85. The number of ether oxygens (including phenoxy) is 3. The zero-order valence-electron chi connectivity index (χ0n) is 12.2. The van der Waals surface area contributed by atoms with Crippen molar-refractivity contribution in [2.75, 3.05) is 0 Å². The number of fused-ring (bicyclic) bond motifs is 2. The fourth-order valence-electron chi connectivity index (χ4n) is 3.51. The second kappa shape index (κ2) is 5.64. The Balaban J connectivity index is 1.85. The average molecular weight is 292 g/mol. The van der Waals surface area contributed by atoms with Crippen LogP contribution in [0.1, 0.15) is 26.7 Å². The maximum atomic E-state index is 11.5. The molecule has 3 rings (SSSR count). The summed E-state index contributed by atoms with van der Waals surface area (Å²) in [6, 6.07) is 0. The molecule has 6 atom stereocenters. The van der Waals surface area contributed by atoms with Gasteiger partial charge in [-0.15, -0.1) is 0 Å². The monoisotopic (exact) mass is 292 g/mol. The molecule has 3 heterocycles. The van der Waals surface area contributed by atoms with Crippen molar-refractivity contribution in [3.63, 3.8) is 0 Å². The van der Waals surface area contributed by atoms with Gasteiger partial charge in [0.1, 0.15) is 12.2 Å². The molecule has 2 fully saturated rings. The highest BCUT2D eigenvalue weighted by Gasteiger charge is 2.50. The molecule has 0 aliphatic carbocycles. The van der Waals surface area contributed by atoms with Crippen LogP contribution in [0.15, 0.2) is 24.3 Å². The van der Waals surface area contributed by atoms with Crippen LogP contribution in [0.3, 0.4) is 0 Å². The lowest BCUT2D eigenvalue weighted by Gasteiger charge is -2.32. The molecule has 2 bridgehead atoms. The van der Waals surface area contributed by atoms with Crippen molar-refractivity contribution in [2.45, 2.75) is 51.1 Å². The van der Waals surface area contributed by atoms with E-state index in [1.54, 1.807) is 0 Å². The van der Waals surface area contributed by atoms with Crippen LogP contribution in [0.2, 0.25) is 0 Å². The molecular weight excluding hydrogens is 272 g/mol. The summed E-state index contributed by atoms with van der Waals surface area (Å²) in [5.41, 5.74) is 0. The Morgan fingerprint density at radius 3 is 2.67 bits per heavy atom. The van der Waals surface area contributed by atoms with Gasteiger partial charge in [0.25, 0.3) is 0 Å². The summed E-state index contributed by atoms with van der Waals surface area (Å²) in [6.45, 7) is 3.48. The van der Waals surface area contributed by atoms with E-state index >= 15 is 0 Å². The third-order valence-corrected chi connectivity index (χ3v) is 4.50. The second-order valence-corrected chi connectivity index (χ2v) is 5.91. The summed E-state index contributed by atoms with van der Waals surface area (Å²) < 4.78 is 16.9. The maximum absolute atomic E-state index is 11.5. The number of cyclic esters (lactones) is 1. The van der Waals surface area contributed by atoms with E-state index in [0.29, 0.717) is 12.8 Å². The molecule has 5 heteroatoms. The van der Waals surface area contributed by atoms with Crippen LogP contribution in [0.25, 0.3) is 0 Å². The van der Waals surface area contributed by atoms with Gasteiger partial charge in [-0.3, -0.25) is 9.59 Å². The molecule has 2 saturated heterocycles. The highest BCUT2D eigenvalue weighted by atomic mass is 16.6. The van der Waals surface area contributed by atoms with E-state index in [9.17, 15) is 9.59 Å². The van der Waals surface area contributed by atoms with Gasteiger partial charge in [0.2, 0.25) is 0 Å². The SMILES string of the molecule is CC(=O)O[C@H](C1CCC(=O)O1)[C@@H]1[C@H](C)[C@H]2C=CC=C[C@@H]1O2. The molecule has 0 aromatic heterocycles. The van der Waals surface area contributed by atoms with E-state index in [2.05, 4.69) is 6.92 Å². The third-order valence-electron chi connectivity index (χ3n) is 4.50. The number of carbonyl (C=O) groups excluding carboxylic acids is 2. The summed E-state index contributed by atoms with van der Waals surface area (Å²) in [7, 11) is 0. The van der Waals surface area contributed by atoms with E-state index < -0.39 is 6.10 Å². The van der Waals surface area contributed by atoms with Gasteiger partial charge in [-0.1, -0.05) is 31.2 Å². The lowest BCUT2D eigenvalue weighted by molar-refractivity contribution is -0.166. The fraction of sp³-hybridized carbons (Fsp3) is 0.625. The smallest absolute Gasteiger partial charge is 0.306 e. The Morgan fingerprint density at radius 2 is 2.05 bits per heavy atom. The minimum absolute atomic E-state index is 0.00370. The molecule has 0 spiro atoms. The van der Waals surface area contributed by atoms with Gasteiger partial charge in [0, 0.05) is 19.3 Å². The van der Waals surface area contributed by atoms with Gasteiger partial charge in [-0.05, 0) is 12.3 Å². The third kappa shape index (κ3) is 2.75. The first kappa shape index (κ1) is 14.3. The lowest BCUT2D eigenvalue weighted by Crippen LogP contribution is -2.43. The molecule has 114 valence electrons. The zero-order valence-corrected chi connectivity index (χ0v) is 12.2. The number of esters is 2. The Morgan fingerprint density at radius 1 is 1.33 bits per heavy atom. The largest absolute Gasteiger partial charge is 0.458 e. The quantitative estimate of drug-likeness (QED) is 0.742. The van der Waals surface area contributed by atoms with Crippen LogP contribution in [0, 0.1) is 11.8 Å². The summed E-state index contributed by atoms with van der Waals surface area (Å²) in [6.07, 6.45) is 7.98. The average Bonchev–Trinajstić information content (AvgIpc) is 2.86. The molecule has 0 N–H and O–H groups in total. The van der Waals surface area contributed by atoms with Crippen molar-refractivity contribution in [3.05, 3.63) is 24.3 Å². The van der Waals surface area contributed by atoms with Crippen LogP contribution in [-0.4, -0.2) is 36.4 Å². The van der Waals surface area contributed by atoms with Crippen molar-refractivity contribution in [1.29, 1.82) is 0 Å². The van der Waals surface area contributed by atoms with Gasteiger partial charge in [-0.25, -0.2) is 0 Å². The predicted molar refractivity (Wildman–Crippen MR) is 74.3 cm³/mol. The minimum Gasteiger partial charge on any atom is -0.458 e. The minimum atomic E-state index is -0.449. The zero-order chi connectivity index (χ0) is 15.0. The van der Waals surface area contributed by atoms with Crippen LogP contribution in [0.5, 0.6) is 0 Å². The van der Waals surface area contributed by atoms with Gasteiger partial charge < -0.3 is 14.2 Å². The van der Waals surface area contributed by atoms with Crippen molar-refractivity contribution < 1.29 is 23.8 Å². The molecule has 0 aromatic rings. The highest BCUT2D eigenvalue weighted by Crippen LogP contribution is 2.41. The Hall–Kier alpha value is -1.62. The summed E-state index contributed by atoms with van der Waals surface area (Å²) in [5.74, 6) is -0.385. The van der Waals surface area contributed by atoms with Crippen LogP contribution in [-0.2, 0) is 23.8 Å². The Labute approximate surface area is 123 Å². The van der Waals surface area contributed by atoms with E-state index in [4.69, 9.17) is 14.2 Å². The molecule has 0 saturated carbocycles. The fourth-order valence-corrected chi connectivity index (χ4v) is 3.51. The number of carbonyl (C=O) groups is 2. The predicted octanol–water partition coefficient (Wildman–Crippen LogP) is 1.77. The van der Waals surface area contributed by atoms with E-state index in [1.807, 2.05) is 24.3 Å². The first-order valence-corrected chi connectivity index (χ1v) is 7.43. The molecule has 3 aliphatic rings. The maximum Gasteiger partial charge on any atom is 0.306 e. The molecule has 5 nitrogen and oxygen atoms in total. The van der Waals surface area contributed by atoms with Crippen molar-refractivity contribution in [1.82, 2.24) is 0 Å². The summed E-state index contributed by atoms with van der Waals surface area (Å²) >= 11 is 0. The van der Waals surface area contributed by atoms with Gasteiger partial charge in [0.15, 0.2) is 0 Å². The summed E-state index contributed by atoms with van der Waals surface area (Å²) in [4.78, 5) is 22.9. The normalized spacial score (nSPS) is 39.0. The number of allylic oxidation sites excluding steroid dienone is 2. The van der Waals surface area contributed by atoms with Crippen molar-refractivity contribution in [2.24, 2.45) is 11.8 Å². The van der Waals surface area contributed by atoms with Crippen LogP contribution < -0.4 is 0 Å². The first-order chi connectivity index (χ1) is 10.1. The molecule has 0 aromatic carbocycles. The lowest BCUT2D eigenvalue weighted by atomic mass is 9.80. The molecule has 1 unspecified atom stereocenters. The van der Waals surface area contributed by atoms with Gasteiger partial charge in [-0.2, -0.15) is 0 Å². The van der Waals surface area contributed by atoms with E-state index in [0.717, 1.165) is 0 Å². The number of rotatable bonds is 3. The molecule has 3 aliphatic heterocycles. The highest BCUT2D eigenvalue weighted by molar-refractivity contribution is 5.72. The molecule has 0 amide bonds. The number of hydrogen-bond acceptors (Lipinski definition) is 5. The van der Waals surface area contributed by atoms with Crippen molar-refractivity contribution in [3.8, 4) is 0 Å². The molecular formula is C16H20O5. The second-order valence-electron chi connectivity index (χ2n) is 5.91. The van der Waals surface area contributed by atoms with E-state index in [1.165, 1.54) is 6.92 Å². The van der Waals surface area contributed by atoms with Crippen LogP contribution >= 0.6 is 0 Å². The first-order valence-electron chi connectivity index (χ1n) is 7.43. The molecule has 21 heavy (non-hydrogen) atoms. The van der Waals surface area contributed by atoms with Gasteiger partial charge >= 0.3 is 11.9 Å². The van der Waals surface area contributed by atoms with Crippen molar-refractivity contribution >= 4 is 11.9 Å². The standard InChI is InChI=1S/C16H20O5/c1-9-11-5-3-4-6-12(20-11)15(9)16(19-10(2)17)13-7-8-14(18)21-13/h3-6,9,11-13,15-16H,7-8H2,1-2H3/t9-,11-,12+,13?,15-,16-/m1/s1. The number of hydrogen-bond donors (Lipinski definition) is 0.